The van der Waals surface area contributed by atoms with Gasteiger partial charge in [-0.25, -0.2) is 28.4 Å². The van der Waals surface area contributed by atoms with Crippen LogP contribution in [0.15, 0.2) is 54.9 Å². The number of aryl methyl sites for hydroxylation is 1. The van der Waals surface area contributed by atoms with Crippen LogP contribution in [0.25, 0.3) is 22.6 Å². The van der Waals surface area contributed by atoms with Gasteiger partial charge in [0.25, 0.3) is 5.92 Å². The Bertz CT molecular complexity index is 1390. The Morgan fingerprint density at radius 1 is 1.00 bits per heavy atom. The molecule has 1 saturated carbocycles. The van der Waals surface area contributed by atoms with E-state index in [-0.39, 0.29) is 18.3 Å². The van der Waals surface area contributed by atoms with Gasteiger partial charge in [-0.2, -0.15) is 4.98 Å². The fourth-order valence-electron chi connectivity index (χ4n) is 5.10. The quantitative estimate of drug-likeness (QED) is 0.430. The number of benzene rings is 1. The topological polar surface area (TPSA) is 111 Å². The Morgan fingerprint density at radius 3 is 2.53 bits per heavy atom. The van der Waals surface area contributed by atoms with Gasteiger partial charge in [0.15, 0.2) is 5.82 Å². The van der Waals surface area contributed by atoms with E-state index in [1.807, 2.05) is 48.3 Å². The zero-order valence-corrected chi connectivity index (χ0v) is 19.6. The van der Waals surface area contributed by atoms with Gasteiger partial charge in [-0.15, -0.1) is 5.10 Å². The van der Waals surface area contributed by atoms with Crippen LogP contribution in [0.3, 0.4) is 0 Å². The molecule has 2 atom stereocenters. The largest absolute Gasteiger partial charge is 0.368 e. The number of hydrogen-bond donors (Lipinski definition) is 2. The van der Waals surface area contributed by atoms with Gasteiger partial charge in [-0.3, -0.25) is 0 Å². The Hall–Kier alpha value is -4.15. The predicted octanol–water partition coefficient (Wildman–Crippen LogP) is 4.14. The molecule has 1 aliphatic heterocycles. The summed E-state index contributed by atoms with van der Waals surface area (Å²) >= 11 is 0. The number of hydrogen-bond acceptors (Lipinski definition) is 8. The van der Waals surface area contributed by atoms with Crippen molar-refractivity contribution in [1.82, 2.24) is 29.7 Å². The molecule has 9 nitrogen and oxygen atoms in total. The van der Waals surface area contributed by atoms with E-state index in [1.54, 1.807) is 23.1 Å². The molecule has 0 bridgehead atoms. The minimum atomic E-state index is -2.56. The van der Waals surface area contributed by atoms with Crippen LogP contribution in [0.1, 0.15) is 12.8 Å². The summed E-state index contributed by atoms with van der Waals surface area (Å²) < 4.78 is 29.9. The monoisotopic (exact) mass is 489 g/mol. The van der Waals surface area contributed by atoms with Gasteiger partial charge >= 0.3 is 0 Å². The van der Waals surface area contributed by atoms with E-state index in [1.165, 1.54) is 0 Å². The van der Waals surface area contributed by atoms with Crippen molar-refractivity contribution in [3.05, 3.63) is 54.9 Å². The fourth-order valence-corrected chi connectivity index (χ4v) is 5.10. The van der Waals surface area contributed by atoms with Crippen molar-refractivity contribution >= 4 is 23.4 Å². The number of halogens is 2. The maximum absolute atomic E-state index is 14.1. The Labute approximate surface area is 206 Å². The van der Waals surface area contributed by atoms with Crippen LogP contribution in [0.5, 0.6) is 0 Å². The highest BCUT2D eigenvalue weighted by Crippen LogP contribution is 2.48. The average Bonchev–Trinajstić information content (AvgIpc) is 3.55. The normalized spacial score (nSPS) is 20.5. The summed E-state index contributed by atoms with van der Waals surface area (Å²) in [6, 6.07) is 13.3. The molecule has 36 heavy (non-hydrogen) atoms. The van der Waals surface area contributed by atoms with Crippen LogP contribution in [-0.4, -0.2) is 48.7 Å². The van der Waals surface area contributed by atoms with Gasteiger partial charge in [0.05, 0.1) is 5.69 Å². The molecule has 0 unspecified atom stereocenters. The minimum absolute atomic E-state index is 0.00543. The van der Waals surface area contributed by atoms with E-state index in [2.05, 4.69) is 30.4 Å². The summed E-state index contributed by atoms with van der Waals surface area (Å²) in [5.41, 5.74) is 8.94. The van der Waals surface area contributed by atoms with E-state index in [0.717, 1.165) is 22.5 Å². The van der Waals surface area contributed by atoms with Crippen molar-refractivity contribution in [1.29, 1.82) is 0 Å². The first kappa shape index (κ1) is 22.3. The standard InChI is InChI=1S/C25H25F2N9/c1-35-24(31-18-5-2-15(3-6-18)20-9-11-29-23(28)32-20)33-22(34-35)16-4-7-21(30-12-16)36-13-17-8-10-25(26,27)19(17)14-36/h2-7,9,11-12,17,19H,8,10,13-14H2,1H3,(H2,28,29,32)(H,31,33,34)/t17-,19+/m1/s1. The number of alkyl halides is 2. The lowest BCUT2D eigenvalue weighted by Crippen LogP contribution is -2.29. The molecule has 0 radical (unpaired) electrons. The van der Waals surface area contributed by atoms with Gasteiger partial charge in [0.2, 0.25) is 11.9 Å². The summed E-state index contributed by atoms with van der Waals surface area (Å²) in [4.78, 5) is 19.3. The summed E-state index contributed by atoms with van der Waals surface area (Å²) in [6.07, 6.45) is 3.91. The molecule has 2 aliphatic rings. The molecule has 1 saturated heterocycles. The van der Waals surface area contributed by atoms with Crippen molar-refractivity contribution in [2.45, 2.75) is 18.8 Å². The molecular formula is C25H25F2N9. The lowest BCUT2D eigenvalue weighted by Gasteiger charge is -2.21. The van der Waals surface area contributed by atoms with Crippen LogP contribution in [-0.2, 0) is 7.05 Å². The predicted molar refractivity (Wildman–Crippen MR) is 133 cm³/mol. The number of rotatable bonds is 5. The third-order valence-electron chi connectivity index (χ3n) is 7.04. The molecule has 11 heteroatoms. The number of nitrogens with two attached hydrogens (primary N) is 1. The van der Waals surface area contributed by atoms with Crippen LogP contribution in [0.4, 0.5) is 32.2 Å². The number of nitrogen functional groups attached to an aromatic ring is 1. The first-order valence-electron chi connectivity index (χ1n) is 11.8. The molecule has 4 heterocycles. The molecule has 3 aromatic heterocycles. The zero-order chi connectivity index (χ0) is 24.9. The lowest BCUT2D eigenvalue weighted by atomic mass is 9.99. The highest BCUT2D eigenvalue weighted by molar-refractivity contribution is 5.66. The van der Waals surface area contributed by atoms with Crippen molar-refractivity contribution in [3.63, 3.8) is 0 Å². The SMILES string of the molecule is Cn1nc(-c2ccc(N3C[C@H]4CCC(F)(F)[C@H]4C3)nc2)nc1Nc1ccc(-c2ccnc(N)n2)cc1. The molecule has 184 valence electrons. The van der Waals surface area contributed by atoms with Crippen molar-refractivity contribution in [3.8, 4) is 22.6 Å². The number of nitrogens with zero attached hydrogens (tertiary/aromatic N) is 7. The van der Waals surface area contributed by atoms with E-state index >= 15 is 0 Å². The average molecular weight is 490 g/mol. The highest BCUT2D eigenvalue weighted by Gasteiger charge is 2.54. The molecule has 3 N–H and O–H groups in total. The number of fused-ring (bicyclic) bond motifs is 1. The Balaban J connectivity index is 1.15. The van der Waals surface area contributed by atoms with Gasteiger partial charge in [-0.05, 0) is 42.7 Å². The molecule has 2 fully saturated rings. The summed E-state index contributed by atoms with van der Waals surface area (Å²) in [5, 5.41) is 7.78. The molecule has 0 spiro atoms. The number of aromatic nitrogens is 6. The number of pyridine rings is 1. The molecule has 1 aliphatic carbocycles. The summed E-state index contributed by atoms with van der Waals surface area (Å²) in [6.45, 7) is 0.981. The van der Waals surface area contributed by atoms with Gasteiger partial charge in [-0.1, -0.05) is 12.1 Å². The van der Waals surface area contributed by atoms with Crippen molar-refractivity contribution < 1.29 is 8.78 Å². The second-order valence-corrected chi connectivity index (χ2v) is 9.36. The van der Waals surface area contributed by atoms with Crippen molar-refractivity contribution in [2.24, 2.45) is 18.9 Å². The third-order valence-corrected chi connectivity index (χ3v) is 7.04. The minimum Gasteiger partial charge on any atom is -0.368 e. The summed E-state index contributed by atoms with van der Waals surface area (Å²) in [5.74, 6) is -1.05. The summed E-state index contributed by atoms with van der Waals surface area (Å²) in [7, 11) is 1.81. The molecule has 1 aromatic carbocycles. The van der Waals surface area contributed by atoms with Crippen LogP contribution in [0.2, 0.25) is 0 Å². The van der Waals surface area contributed by atoms with Crippen LogP contribution < -0.4 is 16.0 Å². The second kappa shape index (κ2) is 8.51. The van der Waals surface area contributed by atoms with E-state index < -0.39 is 11.8 Å². The maximum Gasteiger partial charge on any atom is 0.252 e. The van der Waals surface area contributed by atoms with E-state index in [4.69, 9.17) is 5.73 Å². The van der Waals surface area contributed by atoms with Gasteiger partial charge < -0.3 is 16.0 Å². The zero-order valence-electron chi connectivity index (χ0n) is 19.6. The van der Waals surface area contributed by atoms with Gasteiger partial charge in [0, 0.05) is 61.7 Å². The highest BCUT2D eigenvalue weighted by atomic mass is 19.3. The fraction of sp³-hybridized carbons (Fsp3) is 0.320. The van der Waals surface area contributed by atoms with E-state index in [9.17, 15) is 8.78 Å². The Kier molecular flexibility index (Phi) is 5.27. The van der Waals surface area contributed by atoms with Crippen LogP contribution in [0, 0.1) is 11.8 Å². The van der Waals surface area contributed by atoms with Gasteiger partial charge in [0.1, 0.15) is 5.82 Å². The molecule has 0 amide bonds. The first-order valence-corrected chi connectivity index (χ1v) is 11.8. The second-order valence-electron chi connectivity index (χ2n) is 9.36. The smallest absolute Gasteiger partial charge is 0.252 e. The lowest BCUT2D eigenvalue weighted by molar-refractivity contribution is -0.0351. The molecule has 4 aromatic rings. The van der Waals surface area contributed by atoms with Crippen LogP contribution >= 0.6 is 0 Å². The number of anilines is 4. The third kappa shape index (κ3) is 4.10. The maximum atomic E-state index is 14.1. The van der Waals surface area contributed by atoms with Crippen molar-refractivity contribution in [2.75, 3.05) is 29.0 Å². The first-order chi connectivity index (χ1) is 17.4. The van der Waals surface area contributed by atoms with E-state index in [0.29, 0.717) is 37.1 Å². The molecular weight excluding hydrogens is 464 g/mol. The molecule has 6 rings (SSSR count). The Morgan fingerprint density at radius 2 is 1.81 bits per heavy atom. The number of nitrogens with one attached hydrogen (secondary N) is 1.